The first-order valence-corrected chi connectivity index (χ1v) is 6.35. The molecular formula is C14H10F2O2S. The molecule has 98 valence electrons. The van der Waals surface area contributed by atoms with Gasteiger partial charge in [0.1, 0.15) is 5.25 Å². The largest absolute Gasteiger partial charge is 0.480 e. The average Bonchev–Trinajstić information content (AvgIpc) is 2.40. The summed E-state index contributed by atoms with van der Waals surface area (Å²) in [5.41, 5.74) is 0.602. The highest BCUT2D eigenvalue weighted by molar-refractivity contribution is 8.00. The van der Waals surface area contributed by atoms with E-state index in [1.807, 2.05) is 0 Å². The summed E-state index contributed by atoms with van der Waals surface area (Å²) in [6, 6.07) is 12.0. The van der Waals surface area contributed by atoms with Gasteiger partial charge in [0.05, 0.1) is 0 Å². The number of aliphatic carboxylic acids is 1. The van der Waals surface area contributed by atoms with Gasteiger partial charge in [0.15, 0.2) is 11.6 Å². The van der Waals surface area contributed by atoms with Crippen molar-refractivity contribution in [2.24, 2.45) is 0 Å². The van der Waals surface area contributed by atoms with E-state index in [1.165, 1.54) is 6.07 Å². The van der Waals surface area contributed by atoms with Gasteiger partial charge in [-0.15, -0.1) is 11.8 Å². The number of hydrogen-bond acceptors (Lipinski definition) is 2. The van der Waals surface area contributed by atoms with Gasteiger partial charge in [-0.2, -0.15) is 0 Å². The third-order valence-electron chi connectivity index (χ3n) is 2.47. The summed E-state index contributed by atoms with van der Waals surface area (Å²) in [5, 5.41) is 8.37. The van der Waals surface area contributed by atoms with Crippen LogP contribution < -0.4 is 0 Å². The first-order chi connectivity index (χ1) is 9.08. The molecule has 0 heterocycles. The fourth-order valence-corrected chi connectivity index (χ4v) is 2.56. The van der Waals surface area contributed by atoms with Crippen LogP contribution in [-0.2, 0) is 4.79 Å². The molecule has 5 heteroatoms. The lowest BCUT2D eigenvalue weighted by atomic mass is 10.1. The molecule has 0 amide bonds. The molecule has 2 rings (SSSR count). The van der Waals surface area contributed by atoms with Crippen LogP contribution in [0.5, 0.6) is 0 Å². The molecule has 2 aromatic rings. The normalized spacial score (nSPS) is 12.1. The van der Waals surface area contributed by atoms with Crippen LogP contribution in [0.4, 0.5) is 8.78 Å². The molecule has 0 aromatic heterocycles. The van der Waals surface area contributed by atoms with Gasteiger partial charge >= 0.3 is 5.97 Å². The fraction of sp³-hybridized carbons (Fsp3) is 0.0714. The molecule has 1 unspecified atom stereocenters. The van der Waals surface area contributed by atoms with Crippen LogP contribution in [-0.4, -0.2) is 11.1 Å². The third kappa shape index (κ3) is 3.32. The number of thioether (sulfide) groups is 1. The van der Waals surface area contributed by atoms with Crippen LogP contribution in [0.15, 0.2) is 53.4 Å². The van der Waals surface area contributed by atoms with Crippen LogP contribution in [0.2, 0.25) is 0 Å². The minimum atomic E-state index is -1.03. The van der Waals surface area contributed by atoms with Crippen LogP contribution in [0, 0.1) is 11.6 Å². The van der Waals surface area contributed by atoms with Gasteiger partial charge in [-0.3, -0.25) is 4.79 Å². The molecule has 1 atom stereocenters. The zero-order chi connectivity index (χ0) is 13.8. The van der Waals surface area contributed by atoms with E-state index >= 15 is 0 Å². The van der Waals surface area contributed by atoms with E-state index in [-0.39, 0.29) is 0 Å². The summed E-state index contributed by atoms with van der Waals surface area (Å²) in [6.07, 6.45) is 0. The second-order valence-electron chi connectivity index (χ2n) is 3.82. The van der Waals surface area contributed by atoms with Crippen LogP contribution >= 0.6 is 11.8 Å². The molecule has 0 saturated carbocycles. The average molecular weight is 280 g/mol. The molecule has 0 aliphatic carbocycles. The SMILES string of the molecule is O=C(O)C(Sc1ccc(F)c(F)c1)c1ccccc1. The van der Waals surface area contributed by atoms with Crippen molar-refractivity contribution in [3.05, 3.63) is 65.7 Å². The molecule has 1 N–H and O–H groups in total. The van der Waals surface area contributed by atoms with E-state index in [1.54, 1.807) is 30.3 Å². The van der Waals surface area contributed by atoms with Crippen LogP contribution in [0.3, 0.4) is 0 Å². The van der Waals surface area contributed by atoms with Crippen LogP contribution in [0.25, 0.3) is 0 Å². The van der Waals surface area contributed by atoms with Crippen molar-refractivity contribution in [3.8, 4) is 0 Å². The van der Waals surface area contributed by atoms with Crippen molar-refractivity contribution in [3.63, 3.8) is 0 Å². The highest BCUT2D eigenvalue weighted by Crippen LogP contribution is 2.35. The van der Waals surface area contributed by atoms with Gasteiger partial charge in [-0.05, 0) is 23.8 Å². The van der Waals surface area contributed by atoms with Gasteiger partial charge in [0.25, 0.3) is 0 Å². The molecule has 0 aliphatic rings. The molecule has 0 bridgehead atoms. The molecule has 0 spiro atoms. The first-order valence-electron chi connectivity index (χ1n) is 5.47. The Morgan fingerprint density at radius 3 is 2.32 bits per heavy atom. The molecule has 0 radical (unpaired) electrons. The Morgan fingerprint density at radius 1 is 1.05 bits per heavy atom. The summed E-state index contributed by atoms with van der Waals surface area (Å²) in [4.78, 5) is 11.6. The van der Waals surface area contributed by atoms with Crippen molar-refractivity contribution in [2.45, 2.75) is 10.1 Å². The highest BCUT2D eigenvalue weighted by atomic mass is 32.2. The van der Waals surface area contributed by atoms with Crippen molar-refractivity contribution in [1.29, 1.82) is 0 Å². The number of carbonyl (C=O) groups is 1. The van der Waals surface area contributed by atoms with Gasteiger partial charge in [0, 0.05) is 4.90 Å². The van der Waals surface area contributed by atoms with E-state index in [2.05, 4.69) is 0 Å². The topological polar surface area (TPSA) is 37.3 Å². The Labute approximate surface area is 113 Å². The summed E-state index contributed by atoms with van der Waals surface area (Å²) < 4.78 is 25.9. The zero-order valence-electron chi connectivity index (χ0n) is 9.72. The monoisotopic (exact) mass is 280 g/mol. The van der Waals surface area contributed by atoms with Gasteiger partial charge < -0.3 is 5.11 Å². The second kappa shape index (κ2) is 5.84. The van der Waals surface area contributed by atoms with Crippen molar-refractivity contribution >= 4 is 17.7 Å². The maximum Gasteiger partial charge on any atom is 0.321 e. The summed E-state index contributed by atoms with van der Waals surface area (Å²) >= 11 is 0.967. The van der Waals surface area contributed by atoms with E-state index in [4.69, 9.17) is 0 Å². The highest BCUT2D eigenvalue weighted by Gasteiger charge is 2.21. The number of halogens is 2. The molecule has 0 aliphatic heterocycles. The molecule has 0 saturated heterocycles. The Kier molecular flexibility index (Phi) is 4.16. The predicted octanol–water partition coefficient (Wildman–Crippen LogP) is 3.88. The smallest absolute Gasteiger partial charge is 0.321 e. The van der Waals surface area contributed by atoms with Crippen LogP contribution in [0.1, 0.15) is 10.8 Å². The second-order valence-corrected chi connectivity index (χ2v) is 5.00. The zero-order valence-corrected chi connectivity index (χ0v) is 10.5. The first kappa shape index (κ1) is 13.5. The summed E-state index contributed by atoms with van der Waals surface area (Å²) in [5.74, 6) is -2.96. The maximum atomic E-state index is 13.1. The minimum Gasteiger partial charge on any atom is -0.480 e. The van der Waals surface area contributed by atoms with E-state index in [0.29, 0.717) is 10.5 Å². The van der Waals surface area contributed by atoms with Gasteiger partial charge in [-0.25, -0.2) is 8.78 Å². The number of hydrogen-bond donors (Lipinski definition) is 1. The number of carboxylic acid groups (broad SMARTS) is 1. The quantitative estimate of drug-likeness (QED) is 0.863. The van der Waals surface area contributed by atoms with E-state index < -0.39 is 22.9 Å². The molecule has 19 heavy (non-hydrogen) atoms. The maximum absolute atomic E-state index is 13.1. The van der Waals surface area contributed by atoms with Gasteiger partial charge in [0.2, 0.25) is 0 Å². The Bertz CT molecular complexity index is 587. The Balaban J connectivity index is 2.27. The number of benzene rings is 2. The van der Waals surface area contributed by atoms with Crippen molar-refractivity contribution in [2.75, 3.05) is 0 Å². The molecule has 2 nitrogen and oxygen atoms in total. The third-order valence-corrected chi connectivity index (χ3v) is 3.71. The Hall–Kier alpha value is -1.88. The van der Waals surface area contributed by atoms with Gasteiger partial charge in [-0.1, -0.05) is 30.3 Å². The molecular weight excluding hydrogens is 270 g/mol. The minimum absolute atomic E-state index is 0.371. The van der Waals surface area contributed by atoms with Crippen molar-refractivity contribution in [1.82, 2.24) is 0 Å². The fourth-order valence-electron chi connectivity index (χ4n) is 1.58. The lowest BCUT2D eigenvalue weighted by Crippen LogP contribution is -2.07. The Morgan fingerprint density at radius 2 is 1.74 bits per heavy atom. The van der Waals surface area contributed by atoms with E-state index in [9.17, 15) is 18.7 Å². The molecule has 2 aromatic carbocycles. The lowest BCUT2D eigenvalue weighted by Gasteiger charge is -2.12. The number of carboxylic acids is 1. The number of rotatable bonds is 4. The predicted molar refractivity (Wildman–Crippen MR) is 69.0 cm³/mol. The molecule has 0 fully saturated rings. The van der Waals surface area contributed by atoms with E-state index in [0.717, 1.165) is 23.9 Å². The lowest BCUT2D eigenvalue weighted by molar-refractivity contribution is -0.136. The summed E-state index contributed by atoms with van der Waals surface area (Å²) in [6.45, 7) is 0. The standard InChI is InChI=1S/C14H10F2O2S/c15-11-7-6-10(8-12(11)16)19-13(14(17)18)9-4-2-1-3-5-9/h1-8,13H,(H,17,18). The summed E-state index contributed by atoms with van der Waals surface area (Å²) in [7, 11) is 0. The van der Waals surface area contributed by atoms with Crippen molar-refractivity contribution < 1.29 is 18.7 Å².